The smallest absolute Gasteiger partial charge is 0.251 e. The van der Waals surface area contributed by atoms with Crippen LogP contribution in [0.2, 0.25) is 0 Å². The first-order valence-corrected chi connectivity index (χ1v) is 13.5. The number of fused-ring (bicyclic) bond motifs is 1. The van der Waals surface area contributed by atoms with Crippen molar-refractivity contribution in [1.82, 2.24) is 14.9 Å². The molecule has 0 aliphatic heterocycles. The van der Waals surface area contributed by atoms with E-state index in [0.717, 1.165) is 66.9 Å². The number of amides is 1. The highest BCUT2D eigenvalue weighted by molar-refractivity contribution is 5.95. The van der Waals surface area contributed by atoms with E-state index in [1.54, 1.807) is 0 Å². The molecule has 0 spiro atoms. The number of nitrogens with zero attached hydrogens (tertiary/aromatic N) is 2. The van der Waals surface area contributed by atoms with Crippen molar-refractivity contribution in [2.24, 2.45) is 0 Å². The zero-order chi connectivity index (χ0) is 26.0. The number of ether oxygens (including phenoxy) is 1. The van der Waals surface area contributed by atoms with Gasteiger partial charge in [0.1, 0.15) is 11.6 Å². The van der Waals surface area contributed by atoms with E-state index in [1.807, 2.05) is 37.3 Å². The van der Waals surface area contributed by atoms with Crippen LogP contribution in [0.25, 0.3) is 11.0 Å². The van der Waals surface area contributed by atoms with Gasteiger partial charge in [-0.3, -0.25) is 4.79 Å². The second-order valence-electron chi connectivity index (χ2n) is 9.98. The van der Waals surface area contributed by atoms with Crippen LogP contribution in [0.15, 0.2) is 72.8 Å². The average molecular weight is 498 g/mol. The largest absolute Gasteiger partial charge is 0.494 e. The van der Waals surface area contributed by atoms with E-state index in [1.165, 1.54) is 11.1 Å². The minimum Gasteiger partial charge on any atom is -0.494 e. The first-order valence-electron chi connectivity index (χ1n) is 13.5. The van der Waals surface area contributed by atoms with E-state index in [2.05, 4.69) is 66.2 Å². The maximum atomic E-state index is 12.4. The highest BCUT2D eigenvalue weighted by Crippen LogP contribution is 2.20. The fraction of sp³-hybridized carbons (Fsp3) is 0.375. The van der Waals surface area contributed by atoms with Crippen molar-refractivity contribution in [3.63, 3.8) is 0 Å². The fourth-order valence-electron chi connectivity index (χ4n) is 4.64. The van der Waals surface area contributed by atoms with Crippen molar-refractivity contribution in [1.29, 1.82) is 0 Å². The van der Waals surface area contributed by atoms with Crippen LogP contribution in [-0.4, -0.2) is 28.6 Å². The van der Waals surface area contributed by atoms with E-state index < -0.39 is 0 Å². The van der Waals surface area contributed by atoms with Crippen LogP contribution in [0.3, 0.4) is 0 Å². The fourth-order valence-corrected chi connectivity index (χ4v) is 4.64. The van der Waals surface area contributed by atoms with Gasteiger partial charge in [0, 0.05) is 25.1 Å². The minimum absolute atomic E-state index is 0.0120. The lowest BCUT2D eigenvalue weighted by atomic mass is 10.0. The predicted octanol–water partition coefficient (Wildman–Crippen LogP) is 7.08. The number of hydrogen-bond acceptors (Lipinski definition) is 3. The molecule has 0 saturated heterocycles. The molecule has 0 aliphatic rings. The molecule has 0 atom stereocenters. The molecule has 4 aromatic rings. The highest BCUT2D eigenvalue weighted by Gasteiger charge is 2.11. The van der Waals surface area contributed by atoms with Crippen molar-refractivity contribution in [3.05, 3.63) is 95.3 Å². The molecular formula is C32H39N3O2. The summed E-state index contributed by atoms with van der Waals surface area (Å²) in [6.45, 7) is 8.62. The number of carbonyl (C=O) groups excluding carboxylic acids is 1. The Kier molecular flexibility index (Phi) is 9.36. The lowest BCUT2D eigenvalue weighted by molar-refractivity contribution is 0.0952. The molecule has 3 aromatic carbocycles. The monoisotopic (exact) mass is 497 g/mol. The Bertz CT molecular complexity index is 1290. The van der Waals surface area contributed by atoms with E-state index in [4.69, 9.17) is 9.72 Å². The van der Waals surface area contributed by atoms with Gasteiger partial charge < -0.3 is 14.6 Å². The summed E-state index contributed by atoms with van der Waals surface area (Å²) in [5.74, 6) is 2.60. The van der Waals surface area contributed by atoms with Crippen LogP contribution in [0.5, 0.6) is 5.75 Å². The minimum atomic E-state index is 0.0120. The number of hydrogen-bond donors (Lipinski definition) is 1. The number of imidazole rings is 1. The van der Waals surface area contributed by atoms with E-state index in [0.29, 0.717) is 19.1 Å². The predicted molar refractivity (Wildman–Crippen MR) is 151 cm³/mol. The highest BCUT2D eigenvalue weighted by atomic mass is 16.5. The summed E-state index contributed by atoms with van der Waals surface area (Å²) < 4.78 is 8.35. The van der Waals surface area contributed by atoms with Gasteiger partial charge in [0.05, 0.1) is 17.6 Å². The third-order valence-corrected chi connectivity index (χ3v) is 6.83. The van der Waals surface area contributed by atoms with Gasteiger partial charge in [0.15, 0.2) is 0 Å². The van der Waals surface area contributed by atoms with Crippen LogP contribution in [0.1, 0.15) is 72.8 Å². The van der Waals surface area contributed by atoms with Crippen LogP contribution < -0.4 is 10.1 Å². The number of carbonyl (C=O) groups is 1. The molecule has 4 rings (SSSR count). The van der Waals surface area contributed by atoms with Crippen molar-refractivity contribution >= 4 is 16.9 Å². The lowest BCUT2D eigenvalue weighted by Crippen LogP contribution is -2.25. The molecule has 1 heterocycles. The molecular weight excluding hydrogens is 458 g/mol. The van der Waals surface area contributed by atoms with Gasteiger partial charge in [-0.15, -0.1) is 0 Å². The zero-order valence-corrected chi connectivity index (χ0v) is 22.4. The number of rotatable bonds is 13. The van der Waals surface area contributed by atoms with Crippen molar-refractivity contribution in [2.45, 2.75) is 65.3 Å². The van der Waals surface area contributed by atoms with Gasteiger partial charge in [-0.1, -0.05) is 62.7 Å². The number of aryl methyl sites for hydroxylation is 3. The standard InChI is InChI=1S/C32H39N3O2/c1-24(2)26-17-19-27(20-18-26)37-23-11-22-35-30-15-9-8-14-29(30)34-31(35)16-5-4-10-21-33-32(36)28-13-7-6-12-25(28)3/h6-9,12-15,17-20,24H,4-5,10-11,16,21-23H2,1-3H3,(H,33,36). The van der Waals surface area contributed by atoms with E-state index >= 15 is 0 Å². The molecule has 0 saturated carbocycles. The number of unbranched alkanes of at least 4 members (excludes halogenated alkanes) is 2. The van der Waals surface area contributed by atoms with Gasteiger partial charge in [0.25, 0.3) is 5.91 Å². The molecule has 5 nitrogen and oxygen atoms in total. The summed E-state index contributed by atoms with van der Waals surface area (Å²) in [6, 6.07) is 24.5. The van der Waals surface area contributed by atoms with Gasteiger partial charge in [-0.2, -0.15) is 0 Å². The Morgan fingerprint density at radius 2 is 1.68 bits per heavy atom. The van der Waals surface area contributed by atoms with E-state index in [9.17, 15) is 4.79 Å². The van der Waals surface area contributed by atoms with Gasteiger partial charge >= 0.3 is 0 Å². The summed E-state index contributed by atoms with van der Waals surface area (Å²) in [5, 5.41) is 3.05. The number of nitrogens with one attached hydrogen (secondary N) is 1. The Labute approximate surface area is 220 Å². The van der Waals surface area contributed by atoms with Crippen LogP contribution in [0.4, 0.5) is 0 Å². The SMILES string of the molecule is Cc1ccccc1C(=O)NCCCCCc1nc2ccccc2n1CCCOc1ccc(C(C)C)cc1. The normalized spacial score (nSPS) is 11.2. The van der Waals surface area contributed by atoms with Crippen LogP contribution in [0, 0.1) is 6.92 Å². The summed E-state index contributed by atoms with van der Waals surface area (Å²) in [7, 11) is 0. The van der Waals surface area contributed by atoms with Gasteiger partial charge in [0.2, 0.25) is 0 Å². The zero-order valence-electron chi connectivity index (χ0n) is 22.4. The molecule has 0 aliphatic carbocycles. The Morgan fingerprint density at radius 3 is 2.46 bits per heavy atom. The molecule has 37 heavy (non-hydrogen) atoms. The summed E-state index contributed by atoms with van der Waals surface area (Å²) in [4.78, 5) is 17.3. The Morgan fingerprint density at radius 1 is 0.919 bits per heavy atom. The van der Waals surface area contributed by atoms with Gasteiger partial charge in [-0.25, -0.2) is 4.98 Å². The molecule has 1 N–H and O–H groups in total. The van der Waals surface area contributed by atoms with Crippen LogP contribution >= 0.6 is 0 Å². The molecule has 0 bridgehead atoms. The molecule has 1 aromatic heterocycles. The second-order valence-corrected chi connectivity index (χ2v) is 9.98. The lowest BCUT2D eigenvalue weighted by Gasteiger charge is -2.12. The molecule has 1 amide bonds. The first-order chi connectivity index (χ1) is 18.0. The van der Waals surface area contributed by atoms with Gasteiger partial charge in [-0.05, 0) is 73.6 Å². The Hall–Kier alpha value is -3.60. The van der Waals surface area contributed by atoms with Crippen molar-refractivity contribution in [3.8, 4) is 5.75 Å². The summed E-state index contributed by atoms with van der Waals surface area (Å²) >= 11 is 0. The van der Waals surface area contributed by atoms with Crippen LogP contribution in [-0.2, 0) is 13.0 Å². The summed E-state index contributed by atoms with van der Waals surface area (Å²) in [5.41, 5.74) is 5.33. The quantitative estimate of drug-likeness (QED) is 0.201. The number of aromatic nitrogens is 2. The molecule has 194 valence electrons. The maximum Gasteiger partial charge on any atom is 0.251 e. The molecule has 5 heteroatoms. The number of benzene rings is 3. The number of para-hydroxylation sites is 2. The third kappa shape index (κ3) is 7.22. The Balaban J connectivity index is 1.24. The molecule has 0 radical (unpaired) electrons. The average Bonchev–Trinajstić information content (AvgIpc) is 3.26. The van der Waals surface area contributed by atoms with E-state index in [-0.39, 0.29) is 5.91 Å². The first kappa shape index (κ1) is 26.5. The second kappa shape index (κ2) is 13.1. The molecule has 0 unspecified atom stereocenters. The molecule has 0 fully saturated rings. The van der Waals surface area contributed by atoms with Crippen molar-refractivity contribution < 1.29 is 9.53 Å². The third-order valence-electron chi connectivity index (χ3n) is 6.83. The van der Waals surface area contributed by atoms with Crippen molar-refractivity contribution in [2.75, 3.05) is 13.2 Å². The maximum absolute atomic E-state index is 12.4. The summed E-state index contributed by atoms with van der Waals surface area (Å²) in [6.07, 6.45) is 4.90. The topological polar surface area (TPSA) is 56.2 Å².